The van der Waals surface area contributed by atoms with Crippen LogP contribution in [0.3, 0.4) is 0 Å². The molecule has 8 nitrogen and oxygen atoms in total. The fourth-order valence-corrected chi connectivity index (χ4v) is 9.79. The number of nitriles is 3. The molecule has 4 aliphatic rings. The summed E-state index contributed by atoms with van der Waals surface area (Å²) in [4.78, 5) is 12.4. The molecule has 4 heterocycles. The fraction of sp³-hybridized carbons (Fsp3) is 0.0392. The van der Waals surface area contributed by atoms with Crippen molar-refractivity contribution in [2.45, 2.75) is 11.3 Å². The average Bonchev–Trinajstić information content (AvgIpc) is 3.77. The Bertz CT molecular complexity index is 3250. The second-order valence-corrected chi connectivity index (χ2v) is 15.0. The third-order valence-corrected chi connectivity index (χ3v) is 12.2. The van der Waals surface area contributed by atoms with E-state index in [0.717, 1.165) is 78.5 Å². The highest BCUT2D eigenvalue weighted by atomic mass is 16.5. The number of aromatic nitrogens is 2. The lowest BCUT2D eigenvalue weighted by atomic mass is 9.66. The summed E-state index contributed by atoms with van der Waals surface area (Å²) in [5.74, 6) is 2.42. The van der Waals surface area contributed by atoms with Gasteiger partial charge in [0.05, 0.1) is 68.8 Å². The summed E-state index contributed by atoms with van der Waals surface area (Å²) in [6.45, 7) is 0. The number of benzene rings is 6. The number of para-hydroxylation sites is 4. The molecule has 12 rings (SSSR count). The van der Waals surface area contributed by atoms with Crippen LogP contribution in [0.1, 0.15) is 61.6 Å². The van der Waals surface area contributed by atoms with Crippen molar-refractivity contribution in [1.29, 1.82) is 15.8 Å². The van der Waals surface area contributed by atoms with E-state index in [9.17, 15) is 15.8 Å². The van der Waals surface area contributed by atoms with Gasteiger partial charge in [0.2, 0.25) is 0 Å². The lowest BCUT2D eigenvalue weighted by molar-refractivity contribution is 0.436. The van der Waals surface area contributed by atoms with Crippen LogP contribution in [0.2, 0.25) is 0 Å². The van der Waals surface area contributed by atoms with Gasteiger partial charge in [0.1, 0.15) is 5.75 Å². The van der Waals surface area contributed by atoms with Crippen molar-refractivity contribution in [2.75, 3.05) is 4.90 Å². The second kappa shape index (κ2) is 12.0. The van der Waals surface area contributed by atoms with Crippen LogP contribution in [-0.2, 0) is 5.41 Å². The Morgan fingerprint density at radius 3 is 1.92 bits per heavy atom. The van der Waals surface area contributed by atoms with Crippen LogP contribution in [0, 0.1) is 34.0 Å². The SMILES string of the molecule is N#Cc1ccc2c(c1)Oc1ccccc1N2c1cccc2c1Oc1ccccc1C21c2cccnc2-c2ncc(C3c4ccc(C#N)cc4-c4cc(C#N)ccc43)cc21. The summed E-state index contributed by atoms with van der Waals surface area (Å²) in [6.07, 6.45) is 3.77. The number of ether oxygens (including phenoxy) is 2. The molecule has 0 bridgehead atoms. The van der Waals surface area contributed by atoms with E-state index in [1.54, 1.807) is 12.1 Å². The van der Waals surface area contributed by atoms with Crippen LogP contribution >= 0.6 is 0 Å². The summed E-state index contributed by atoms with van der Waals surface area (Å²) in [6, 6.07) is 52.8. The van der Waals surface area contributed by atoms with Gasteiger partial charge in [-0.15, -0.1) is 0 Å². The van der Waals surface area contributed by atoms with Gasteiger partial charge in [-0.25, -0.2) is 0 Å². The number of rotatable bonds is 2. The molecule has 0 saturated carbocycles. The predicted octanol–water partition coefficient (Wildman–Crippen LogP) is 11.3. The maximum atomic E-state index is 9.86. The molecule has 0 fully saturated rings. The Morgan fingerprint density at radius 2 is 1.14 bits per heavy atom. The van der Waals surface area contributed by atoms with E-state index in [4.69, 9.17) is 19.4 Å². The monoisotopic (exact) mass is 754 g/mol. The molecule has 1 unspecified atom stereocenters. The second-order valence-electron chi connectivity index (χ2n) is 15.0. The van der Waals surface area contributed by atoms with Crippen molar-refractivity contribution in [1.82, 2.24) is 9.97 Å². The van der Waals surface area contributed by atoms with Crippen molar-refractivity contribution < 1.29 is 9.47 Å². The van der Waals surface area contributed by atoms with Gasteiger partial charge >= 0.3 is 0 Å². The first-order valence-electron chi connectivity index (χ1n) is 19.2. The first kappa shape index (κ1) is 32.7. The predicted molar refractivity (Wildman–Crippen MR) is 221 cm³/mol. The van der Waals surface area contributed by atoms with E-state index in [0.29, 0.717) is 39.7 Å². The lowest BCUT2D eigenvalue weighted by Crippen LogP contribution is -2.33. The molecule has 6 aromatic carbocycles. The Kier molecular flexibility index (Phi) is 6.65. The number of anilines is 3. The van der Waals surface area contributed by atoms with Crippen molar-refractivity contribution in [3.8, 4) is 63.7 Å². The molecule has 1 spiro atoms. The van der Waals surface area contributed by atoms with Gasteiger partial charge in [-0.05, 0) is 106 Å². The van der Waals surface area contributed by atoms with Gasteiger partial charge in [-0.1, -0.05) is 60.7 Å². The third kappa shape index (κ3) is 4.33. The summed E-state index contributed by atoms with van der Waals surface area (Å²) < 4.78 is 13.5. The highest BCUT2D eigenvalue weighted by Gasteiger charge is 2.53. The zero-order valence-electron chi connectivity index (χ0n) is 31.0. The van der Waals surface area contributed by atoms with Gasteiger partial charge in [0.25, 0.3) is 0 Å². The number of hydrogen-bond acceptors (Lipinski definition) is 8. The van der Waals surface area contributed by atoms with Crippen LogP contribution in [0.15, 0.2) is 152 Å². The highest BCUT2D eigenvalue weighted by Crippen LogP contribution is 2.64. The van der Waals surface area contributed by atoms with E-state index in [-0.39, 0.29) is 5.92 Å². The summed E-state index contributed by atoms with van der Waals surface area (Å²) in [5, 5.41) is 29.5. The van der Waals surface area contributed by atoms with E-state index in [1.807, 2.05) is 103 Å². The minimum absolute atomic E-state index is 0.201. The first-order chi connectivity index (χ1) is 29.1. The molecular weight excluding hydrogens is 729 g/mol. The Morgan fingerprint density at radius 1 is 0.508 bits per heavy atom. The van der Waals surface area contributed by atoms with Gasteiger partial charge in [0, 0.05) is 41.1 Å². The molecular formula is C51H26N6O2. The zero-order valence-corrected chi connectivity index (χ0v) is 31.0. The van der Waals surface area contributed by atoms with Crippen LogP contribution in [0.25, 0.3) is 22.5 Å². The number of hydrogen-bond donors (Lipinski definition) is 0. The van der Waals surface area contributed by atoms with Gasteiger partial charge < -0.3 is 9.47 Å². The Hall–Kier alpha value is -8.51. The smallest absolute Gasteiger partial charge is 0.156 e. The lowest BCUT2D eigenvalue weighted by Gasteiger charge is -2.41. The van der Waals surface area contributed by atoms with Gasteiger partial charge in [-0.2, -0.15) is 15.8 Å². The quantitative estimate of drug-likeness (QED) is 0.171. The van der Waals surface area contributed by atoms with Gasteiger partial charge in [-0.3, -0.25) is 14.9 Å². The molecule has 2 aromatic heterocycles. The van der Waals surface area contributed by atoms with E-state index in [2.05, 4.69) is 59.5 Å². The molecule has 2 aliphatic carbocycles. The normalized spacial score (nSPS) is 15.6. The molecule has 2 aliphatic heterocycles. The fourth-order valence-electron chi connectivity index (χ4n) is 9.79. The standard InChI is InChI=1S/C51H26N6O2/c52-25-29-14-17-33-35(21-29)36-22-30(26-53)15-18-34(36)47(33)32-24-40-49(56-28-32)48-38(9-6-20-55-48)51(40)37-7-1-3-12-44(37)59-50-39(51)8-5-11-43(50)57-41-10-2-4-13-45(41)58-46-23-31(27-54)16-19-42(46)57/h1-24,28,47H. The molecule has 59 heavy (non-hydrogen) atoms. The van der Waals surface area contributed by atoms with Crippen LogP contribution in [-0.4, -0.2) is 9.97 Å². The number of fused-ring (bicyclic) bond motifs is 14. The topological polar surface area (TPSA) is 119 Å². The molecule has 1 atom stereocenters. The molecule has 0 saturated heterocycles. The van der Waals surface area contributed by atoms with E-state index >= 15 is 0 Å². The summed E-state index contributed by atoms with van der Waals surface area (Å²) in [5.41, 5.74) is 13.6. The zero-order chi connectivity index (χ0) is 39.4. The van der Waals surface area contributed by atoms with E-state index in [1.165, 1.54) is 0 Å². The summed E-state index contributed by atoms with van der Waals surface area (Å²) in [7, 11) is 0. The molecule has 8 aromatic rings. The average molecular weight is 755 g/mol. The van der Waals surface area contributed by atoms with Crippen molar-refractivity contribution in [3.05, 3.63) is 208 Å². The van der Waals surface area contributed by atoms with Crippen LogP contribution < -0.4 is 14.4 Å². The molecule has 0 N–H and O–H groups in total. The molecule has 8 heteroatoms. The van der Waals surface area contributed by atoms with Crippen molar-refractivity contribution in [3.63, 3.8) is 0 Å². The first-order valence-corrected chi connectivity index (χ1v) is 19.2. The molecule has 0 amide bonds. The number of nitrogens with zero attached hydrogens (tertiary/aromatic N) is 6. The summed E-state index contributed by atoms with van der Waals surface area (Å²) >= 11 is 0. The largest absolute Gasteiger partial charge is 0.454 e. The van der Waals surface area contributed by atoms with E-state index < -0.39 is 5.41 Å². The Balaban J connectivity index is 1.14. The molecule has 272 valence electrons. The maximum absolute atomic E-state index is 9.86. The maximum Gasteiger partial charge on any atom is 0.156 e. The van der Waals surface area contributed by atoms with Crippen LogP contribution in [0.4, 0.5) is 17.1 Å². The van der Waals surface area contributed by atoms with Gasteiger partial charge in [0.15, 0.2) is 17.2 Å². The van der Waals surface area contributed by atoms with Crippen LogP contribution in [0.5, 0.6) is 23.0 Å². The third-order valence-electron chi connectivity index (χ3n) is 12.2. The molecule has 0 radical (unpaired) electrons. The Labute approximate surface area is 338 Å². The minimum Gasteiger partial charge on any atom is -0.454 e. The minimum atomic E-state index is -0.888. The number of pyridine rings is 2. The highest BCUT2D eigenvalue weighted by molar-refractivity contribution is 5.93. The van der Waals surface area contributed by atoms with Crippen molar-refractivity contribution in [2.24, 2.45) is 0 Å². The van der Waals surface area contributed by atoms with Crippen molar-refractivity contribution >= 4 is 17.1 Å².